The molecule has 0 radical (unpaired) electrons. The molecule has 4 nitrogen and oxygen atoms in total. The van der Waals surface area contributed by atoms with Crippen LogP contribution in [-0.4, -0.2) is 19.9 Å². The topological polar surface area (TPSA) is 50.9 Å². The summed E-state index contributed by atoms with van der Waals surface area (Å²) in [6.07, 6.45) is 7.32. The molecule has 0 bridgehead atoms. The van der Waals surface area contributed by atoms with Crippen molar-refractivity contribution in [1.82, 2.24) is 14.8 Å². The minimum absolute atomic E-state index is 0.0172. The second-order valence-electron chi connectivity index (χ2n) is 4.10. The highest BCUT2D eigenvalue weighted by Crippen LogP contribution is 2.09. The number of hydrogen-bond donors (Lipinski definition) is 1. The Hall–Kier alpha value is -0.900. The summed E-state index contributed by atoms with van der Waals surface area (Å²) in [5, 5.41) is 17.2. The van der Waals surface area contributed by atoms with E-state index < -0.39 is 0 Å². The van der Waals surface area contributed by atoms with E-state index >= 15 is 0 Å². The lowest BCUT2D eigenvalue weighted by molar-refractivity contribution is 0.264. The van der Waals surface area contributed by atoms with Crippen LogP contribution in [0.3, 0.4) is 0 Å². The van der Waals surface area contributed by atoms with E-state index in [9.17, 15) is 0 Å². The maximum atomic E-state index is 9.08. The Balaban J connectivity index is 2.38. The van der Waals surface area contributed by atoms with Gasteiger partial charge in [-0.2, -0.15) is 0 Å². The molecule has 1 aromatic heterocycles. The molecule has 1 rings (SSSR count). The van der Waals surface area contributed by atoms with E-state index in [1.54, 1.807) is 0 Å². The molecule has 0 saturated carbocycles. The van der Waals surface area contributed by atoms with Gasteiger partial charge in [-0.3, -0.25) is 0 Å². The van der Waals surface area contributed by atoms with E-state index in [-0.39, 0.29) is 6.61 Å². The Morgan fingerprint density at radius 2 is 1.69 bits per heavy atom. The van der Waals surface area contributed by atoms with Crippen molar-refractivity contribution < 1.29 is 5.11 Å². The first-order valence-corrected chi connectivity index (χ1v) is 6.35. The summed E-state index contributed by atoms with van der Waals surface area (Å²) < 4.78 is 2.01. The number of aromatic nitrogens is 3. The van der Waals surface area contributed by atoms with E-state index in [1.165, 1.54) is 32.1 Å². The van der Waals surface area contributed by atoms with Crippen molar-refractivity contribution in [2.24, 2.45) is 0 Å². The van der Waals surface area contributed by atoms with Gasteiger partial charge in [0.25, 0.3) is 0 Å². The van der Waals surface area contributed by atoms with Crippen LogP contribution in [0.15, 0.2) is 0 Å². The molecule has 0 aromatic carbocycles. The number of aliphatic hydroxyl groups is 1. The van der Waals surface area contributed by atoms with E-state index in [4.69, 9.17) is 5.11 Å². The smallest absolute Gasteiger partial charge is 0.158 e. The maximum absolute atomic E-state index is 9.08. The normalized spacial score (nSPS) is 10.9. The van der Waals surface area contributed by atoms with Crippen LogP contribution >= 0.6 is 0 Å². The summed E-state index contributed by atoms with van der Waals surface area (Å²) in [6.45, 7) is 5.11. The minimum Gasteiger partial charge on any atom is -0.388 e. The Morgan fingerprint density at radius 3 is 2.31 bits per heavy atom. The minimum atomic E-state index is -0.0172. The maximum Gasteiger partial charge on any atom is 0.158 e. The number of rotatable bonds is 8. The third kappa shape index (κ3) is 3.59. The molecule has 4 heteroatoms. The Kier molecular flexibility index (Phi) is 6.08. The van der Waals surface area contributed by atoms with Crippen molar-refractivity contribution in [3.05, 3.63) is 11.6 Å². The van der Waals surface area contributed by atoms with Gasteiger partial charge in [-0.05, 0) is 13.3 Å². The van der Waals surface area contributed by atoms with Crippen LogP contribution in [0, 0.1) is 0 Å². The van der Waals surface area contributed by atoms with Crippen molar-refractivity contribution >= 4 is 0 Å². The molecule has 0 spiro atoms. The van der Waals surface area contributed by atoms with E-state index in [2.05, 4.69) is 24.0 Å². The zero-order valence-corrected chi connectivity index (χ0v) is 10.4. The van der Waals surface area contributed by atoms with E-state index in [1.807, 2.05) is 4.57 Å². The first kappa shape index (κ1) is 13.2. The van der Waals surface area contributed by atoms with Gasteiger partial charge >= 0.3 is 0 Å². The van der Waals surface area contributed by atoms with Crippen molar-refractivity contribution in [3.63, 3.8) is 0 Å². The summed E-state index contributed by atoms with van der Waals surface area (Å²) in [6, 6.07) is 0. The van der Waals surface area contributed by atoms with Gasteiger partial charge in [0.05, 0.1) is 0 Å². The van der Waals surface area contributed by atoms with Gasteiger partial charge in [-0.15, -0.1) is 10.2 Å². The molecule has 1 heterocycles. The summed E-state index contributed by atoms with van der Waals surface area (Å²) in [5.41, 5.74) is 0. The highest BCUT2D eigenvalue weighted by molar-refractivity contribution is 4.94. The predicted octanol–water partition coefficient (Wildman–Crippen LogP) is 2.30. The van der Waals surface area contributed by atoms with Crippen LogP contribution in [-0.2, 0) is 19.6 Å². The third-order valence-electron chi connectivity index (χ3n) is 2.87. The zero-order chi connectivity index (χ0) is 11.8. The van der Waals surface area contributed by atoms with Gasteiger partial charge in [0.1, 0.15) is 12.4 Å². The molecule has 0 fully saturated rings. The summed E-state index contributed by atoms with van der Waals surface area (Å²) in [7, 11) is 0. The monoisotopic (exact) mass is 225 g/mol. The molecule has 92 valence electrons. The molecule has 0 amide bonds. The number of aryl methyl sites for hydroxylation is 1. The van der Waals surface area contributed by atoms with Gasteiger partial charge in [0.15, 0.2) is 5.82 Å². The third-order valence-corrected chi connectivity index (χ3v) is 2.87. The Bertz CT molecular complexity index is 296. The number of aliphatic hydroxyl groups excluding tert-OH is 1. The Morgan fingerprint density at radius 1 is 1.00 bits per heavy atom. The van der Waals surface area contributed by atoms with Crippen LogP contribution in [0.2, 0.25) is 0 Å². The molecule has 1 aromatic rings. The molecular weight excluding hydrogens is 202 g/mol. The van der Waals surface area contributed by atoms with Gasteiger partial charge in [-0.1, -0.05) is 32.6 Å². The molecule has 0 aliphatic rings. The van der Waals surface area contributed by atoms with E-state index in [0.717, 1.165) is 18.8 Å². The second-order valence-corrected chi connectivity index (χ2v) is 4.10. The van der Waals surface area contributed by atoms with E-state index in [0.29, 0.717) is 5.82 Å². The first-order valence-electron chi connectivity index (χ1n) is 6.35. The average molecular weight is 225 g/mol. The quantitative estimate of drug-likeness (QED) is 0.691. The van der Waals surface area contributed by atoms with Crippen LogP contribution in [0.1, 0.15) is 57.6 Å². The number of unbranched alkanes of at least 4 members (excludes halogenated alkanes) is 4. The average Bonchev–Trinajstić information content (AvgIpc) is 2.71. The molecule has 0 aliphatic carbocycles. The first-order chi connectivity index (χ1) is 7.83. The number of hydrogen-bond acceptors (Lipinski definition) is 3. The summed E-state index contributed by atoms with van der Waals surface area (Å²) >= 11 is 0. The fourth-order valence-electron chi connectivity index (χ4n) is 1.93. The highest BCUT2D eigenvalue weighted by atomic mass is 16.3. The molecule has 0 unspecified atom stereocenters. The Labute approximate surface area is 97.7 Å². The zero-order valence-electron chi connectivity index (χ0n) is 10.4. The molecule has 0 aliphatic heterocycles. The van der Waals surface area contributed by atoms with Gasteiger partial charge < -0.3 is 9.67 Å². The standard InChI is InChI=1S/C12H23N3O/c1-3-5-6-7-8-9-11-13-14-12(10-16)15(11)4-2/h16H,3-10H2,1-2H3. The van der Waals surface area contributed by atoms with Crippen LogP contribution in [0.4, 0.5) is 0 Å². The lowest BCUT2D eigenvalue weighted by Gasteiger charge is -2.05. The fourth-order valence-corrected chi connectivity index (χ4v) is 1.93. The van der Waals surface area contributed by atoms with Crippen molar-refractivity contribution in [3.8, 4) is 0 Å². The molecule has 1 N–H and O–H groups in total. The summed E-state index contributed by atoms with van der Waals surface area (Å²) in [5.74, 6) is 1.70. The van der Waals surface area contributed by atoms with Gasteiger partial charge in [0, 0.05) is 13.0 Å². The summed E-state index contributed by atoms with van der Waals surface area (Å²) in [4.78, 5) is 0. The van der Waals surface area contributed by atoms with Crippen LogP contribution in [0.5, 0.6) is 0 Å². The molecular formula is C12H23N3O. The lowest BCUT2D eigenvalue weighted by atomic mass is 10.1. The number of nitrogens with zero attached hydrogens (tertiary/aromatic N) is 3. The van der Waals surface area contributed by atoms with Crippen LogP contribution in [0.25, 0.3) is 0 Å². The predicted molar refractivity (Wildman–Crippen MR) is 64.1 cm³/mol. The van der Waals surface area contributed by atoms with Crippen molar-refractivity contribution in [2.45, 2.75) is 65.5 Å². The SMILES string of the molecule is CCCCCCCc1nnc(CO)n1CC. The molecule has 0 saturated heterocycles. The second kappa shape index (κ2) is 7.39. The van der Waals surface area contributed by atoms with Gasteiger partial charge in [0.2, 0.25) is 0 Å². The molecule has 16 heavy (non-hydrogen) atoms. The van der Waals surface area contributed by atoms with Gasteiger partial charge in [-0.25, -0.2) is 0 Å². The largest absolute Gasteiger partial charge is 0.388 e. The lowest BCUT2D eigenvalue weighted by Crippen LogP contribution is -2.06. The van der Waals surface area contributed by atoms with Crippen molar-refractivity contribution in [2.75, 3.05) is 0 Å². The fraction of sp³-hybridized carbons (Fsp3) is 0.833. The van der Waals surface area contributed by atoms with Crippen molar-refractivity contribution in [1.29, 1.82) is 0 Å². The highest BCUT2D eigenvalue weighted by Gasteiger charge is 2.08. The van der Waals surface area contributed by atoms with Crippen LogP contribution < -0.4 is 0 Å². The molecule has 0 atom stereocenters.